The molecule has 0 radical (unpaired) electrons. The minimum Gasteiger partial charge on any atom is -0.296 e. The predicted octanol–water partition coefficient (Wildman–Crippen LogP) is 3.53. The van der Waals surface area contributed by atoms with Crippen molar-refractivity contribution in [3.05, 3.63) is 41.1 Å². The highest BCUT2D eigenvalue weighted by Gasteiger charge is 2.18. The van der Waals surface area contributed by atoms with Crippen LogP contribution in [0.3, 0.4) is 0 Å². The number of hydrogen-bond donors (Lipinski definition) is 0. The second-order valence-corrected chi connectivity index (χ2v) is 4.67. The van der Waals surface area contributed by atoms with Gasteiger partial charge in [-0.05, 0) is 32.9 Å². The number of rotatable bonds is 3. The number of carbonyl (C=O) groups excluding carboxylic acids is 1. The van der Waals surface area contributed by atoms with Gasteiger partial charge in [-0.3, -0.25) is 9.48 Å². The summed E-state index contributed by atoms with van der Waals surface area (Å²) in [5, 5.41) is 4.17. The number of halogens is 2. The summed E-state index contributed by atoms with van der Waals surface area (Å²) in [5.74, 6) is -1.31. The van der Waals surface area contributed by atoms with Gasteiger partial charge in [0.15, 0.2) is 6.29 Å². The van der Waals surface area contributed by atoms with E-state index in [0.717, 1.165) is 6.07 Å². The molecule has 0 amide bonds. The fourth-order valence-electron chi connectivity index (χ4n) is 2.06. The van der Waals surface area contributed by atoms with Crippen LogP contribution in [-0.4, -0.2) is 16.1 Å². The van der Waals surface area contributed by atoms with Crippen LogP contribution in [0.4, 0.5) is 8.78 Å². The van der Waals surface area contributed by atoms with Gasteiger partial charge in [0.2, 0.25) is 0 Å². The van der Waals surface area contributed by atoms with Gasteiger partial charge in [-0.15, -0.1) is 0 Å². The second kappa shape index (κ2) is 4.91. The topological polar surface area (TPSA) is 34.9 Å². The summed E-state index contributed by atoms with van der Waals surface area (Å²) in [6.07, 6.45) is 0.646. The van der Waals surface area contributed by atoms with Crippen LogP contribution in [0.25, 0.3) is 11.3 Å². The fourth-order valence-corrected chi connectivity index (χ4v) is 2.06. The number of aldehydes is 1. The lowest BCUT2D eigenvalue weighted by Gasteiger charge is -2.12. The molecule has 0 aliphatic heterocycles. The number of benzene rings is 1. The van der Waals surface area contributed by atoms with E-state index in [1.54, 1.807) is 11.6 Å². The Labute approximate surface area is 109 Å². The van der Waals surface area contributed by atoms with Gasteiger partial charge >= 0.3 is 0 Å². The van der Waals surface area contributed by atoms with Gasteiger partial charge in [-0.25, -0.2) is 8.78 Å². The molecule has 0 aliphatic rings. The summed E-state index contributed by atoms with van der Waals surface area (Å²) < 4.78 is 28.3. The quantitative estimate of drug-likeness (QED) is 0.795. The van der Waals surface area contributed by atoms with E-state index in [1.807, 2.05) is 13.8 Å². The van der Waals surface area contributed by atoms with E-state index in [0.29, 0.717) is 23.1 Å². The first kappa shape index (κ1) is 13.4. The lowest BCUT2D eigenvalue weighted by molar-refractivity contribution is 0.111. The Bertz CT molecular complexity index is 612. The summed E-state index contributed by atoms with van der Waals surface area (Å²) in [5.41, 5.74) is 1.85. The van der Waals surface area contributed by atoms with Crippen molar-refractivity contribution in [2.24, 2.45) is 0 Å². The van der Waals surface area contributed by atoms with E-state index in [2.05, 4.69) is 5.10 Å². The van der Waals surface area contributed by atoms with Gasteiger partial charge < -0.3 is 0 Å². The average Bonchev–Trinajstić information content (AvgIpc) is 2.65. The summed E-state index contributed by atoms with van der Waals surface area (Å²) in [7, 11) is 0. The molecule has 5 heteroatoms. The third kappa shape index (κ3) is 2.41. The van der Waals surface area contributed by atoms with E-state index in [1.165, 1.54) is 12.1 Å². The summed E-state index contributed by atoms with van der Waals surface area (Å²) >= 11 is 0. The maximum absolute atomic E-state index is 13.3. The largest absolute Gasteiger partial charge is 0.296 e. The smallest absolute Gasteiger partial charge is 0.170 e. The van der Waals surface area contributed by atoms with Crippen molar-refractivity contribution in [3.8, 4) is 11.3 Å². The normalized spacial score (nSPS) is 11.1. The van der Waals surface area contributed by atoms with Gasteiger partial charge in [-0.1, -0.05) is 0 Å². The molecule has 1 heterocycles. The van der Waals surface area contributed by atoms with Crippen LogP contribution in [0.5, 0.6) is 0 Å². The minimum absolute atomic E-state index is 0.0197. The molecule has 19 heavy (non-hydrogen) atoms. The molecule has 0 N–H and O–H groups in total. The Morgan fingerprint density at radius 3 is 2.26 bits per heavy atom. The second-order valence-electron chi connectivity index (χ2n) is 4.67. The van der Waals surface area contributed by atoms with Crippen molar-refractivity contribution >= 4 is 6.29 Å². The first-order valence-corrected chi connectivity index (χ1v) is 5.94. The highest BCUT2D eigenvalue weighted by atomic mass is 19.1. The highest BCUT2D eigenvalue weighted by molar-refractivity contribution is 5.79. The molecule has 1 aromatic carbocycles. The van der Waals surface area contributed by atoms with E-state index < -0.39 is 11.6 Å². The molecule has 1 aromatic heterocycles. The first-order chi connectivity index (χ1) is 8.93. The Balaban J connectivity index is 2.72. The number of aromatic nitrogens is 2. The Kier molecular flexibility index (Phi) is 3.46. The highest BCUT2D eigenvalue weighted by Crippen LogP contribution is 2.29. The maximum atomic E-state index is 13.3. The number of carbonyl (C=O) groups is 1. The van der Waals surface area contributed by atoms with Gasteiger partial charge in [0, 0.05) is 23.2 Å². The fraction of sp³-hybridized carbons (Fsp3) is 0.286. The van der Waals surface area contributed by atoms with Crippen LogP contribution in [0, 0.1) is 18.6 Å². The maximum Gasteiger partial charge on any atom is 0.170 e. The first-order valence-electron chi connectivity index (χ1n) is 5.94. The van der Waals surface area contributed by atoms with Gasteiger partial charge in [-0.2, -0.15) is 5.10 Å². The third-order valence-electron chi connectivity index (χ3n) is 2.92. The van der Waals surface area contributed by atoms with E-state index >= 15 is 0 Å². The molecule has 0 spiro atoms. The molecule has 3 nitrogen and oxygen atoms in total. The molecule has 0 saturated carbocycles. The Morgan fingerprint density at radius 1 is 1.21 bits per heavy atom. The van der Waals surface area contributed by atoms with Gasteiger partial charge in [0.05, 0.1) is 5.69 Å². The third-order valence-corrected chi connectivity index (χ3v) is 2.92. The van der Waals surface area contributed by atoms with E-state index in [-0.39, 0.29) is 11.7 Å². The summed E-state index contributed by atoms with van der Waals surface area (Å²) in [6, 6.07) is 3.27. The van der Waals surface area contributed by atoms with Crippen molar-refractivity contribution in [2.75, 3.05) is 0 Å². The zero-order valence-corrected chi connectivity index (χ0v) is 10.9. The summed E-state index contributed by atoms with van der Waals surface area (Å²) in [4.78, 5) is 11.0. The number of nitrogens with zero attached hydrogens (tertiary/aromatic N) is 2. The van der Waals surface area contributed by atoms with Crippen LogP contribution in [0.2, 0.25) is 0 Å². The van der Waals surface area contributed by atoms with E-state index in [4.69, 9.17) is 0 Å². The minimum atomic E-state index is -0.654. The molecule has 0 fully saturated rings. The van der Waals surface area contributed by atoms with Crippen LogP contribution in [0.15, 0.2) is 18.2 Å². The van der Waals surface area contributed by atoms with Crippen LogP contribution in [-0.2, 0) is 0 Å². The molecule has 0 bridgehead atoms. The van der Waals surface area contributed by atoms with Crippen LogP contribution < -0.4 is 0 Å². The lowest BCUT2D eigenvalue weighted by Crippen LogP contribution is -2.05. The molecule has 100 valence electrons. The van der Waals surface area contributed by atoms with Crippen molar-refractivity contribution in [3.63, 3.8) is 0 Å². The Morgan fingerprint density at radius 2 is 1.79 bits per heavy atom. The number of hydrogen-bond acceptors (Lipinski definition) is 2. The van der Waals surface area contributed by atoms with Gasteiger partial charge in [0.1, 0.15) is 17.3 Å². The van der Waals surface area contributed by atoms with Gasteiger partial charge in [0.25, 0.3) is 0 Å². The molecule has 0 atom stereocenters. The van der Waals surface area contributed by atoms with Crippen molar-refractivity contribution in [2.45, 2.75) is 26.8 Å². The van der Waals surface area contributed by atoms with Crippen molar-refractivity contribution < 1.29 is 13.6 Å². The predicted molar refractivity (Wildman–Crippen MR) is 68.1 cm³/mol. The molecule has 0 aliphatic carbocycles. The molecule has 2 aromatic rings. The van der Waals surface area contributed by atoms with E-state index in [9.17, 15) is 13.6 Å². The van der Waals surface area contributed by atoms with Crippen LogP contribution in [0.1, 0.15) is 35.9 Å². The lowest BCUT2D eigenvalue weighted by atomic mass is 10.1. The molecular weight excluding hydrogens is 250 g/mol. The SMILES string of the molecule is Cc1c(C=O)nn(C(C)C)c1-c1cc(F)cc(F)c1. The molecular formula is C14H14F2N2O. The standard InChI is InChI=1S/C14H14F2N2O/c1-8(2)18-14(9(3)13(7-19)17-18)10-4-11(15)6-12(16)5-10/h4-8H,1-3H3. The Hall–Kier alpha value is -2.04. The monoisotopic (exact) mass is 264 g/mol. The van der Waals surface area contributed by atoms with Crippen molar-refractivity contribution in [1.82, 2.24) is 9.78 Å². The van der Waals surface area contributed by atoms with Crippen LogP contribution >= 0.6 is 0 Å². The molecule has 0 unspecified atom stereocenters. The summed E-state index contributed by atoms with van der Waals surface area (Å²) in [6.45, 7) is 5.49. The zero-order chi connectivity index (χ0) is 14.2. The average molecular weight is 264 g/mol. The molecule has 2 rings (SSSR count). The zero-order valence-electron chi connectivity index (χ0n) is 10.9. The molecule has 0 saturated heterocycles. The van der Waals surface area contributed by atoms with Crippen molar-refractivity contribution in [1.29, 1.82) is 0 Å².